The summed E-state index contributed by atoms with van der Waals surface area (Å²) in [6.07, 6.45) is -4.53. The lowest BCUT2D eigenvalue weighted by Crippen LogP contribution is -2.19. The van der Waals surface area contributed by atoms with Gasteiger partial charge in [0, 0.05) is 16.4 Å². The van der Waals surface area contributed by atoms with Gasteiger partial charge >= 0.3 is 6.18 Å². The Bertz CT molecular complexity index is 705. The number of hydrogen-bond donors (Lipinski definition) is 2. The molecule has 0 atom stereocenters. The Labute approximate surface area is 140 Å². The highest BCUT2D eigenvalue weighted by atomic mass is 35.5. The van der Waals surface area contributed by atoms with Gasteiger partial charge in [0.1, 0.15) is 0 Å². The summed E-state index contributed by atoms with van der Waals surface area (Å²) in [4.78, 5) is 0. The van der Waals surface area contributed by atoms with Gasteiger partial charge in [-0.15, -0.1) is 0 Å². The molecule has 0 saturated heterocycles. The molecule has 2 nitrogen and oxygen atoms in total. The van der Waals surface area contributed by atoms with Gasteiger partial charge in [-0.25, -0.2) is 0 Å². The van der Waals surface area contributed by atoms with Gasteiger partial charge in [0.05, 0.1) is 10.6 Å². The van der Waals surface area contributed by atoms with Gasteiger partial charge < -0.3 is 10.6 Å². The smallest absolute Gasteiger partial charge is 0.332 e. The molecular weight excluding hydrogens is 356 g/mol. The van der Waals surface area contributed by atoms with Crippen LogP contribution in [0.15, 0.2) is 42.5 Å². The number of anilines is 2. The van der Waals surface area contributed by atoms with E-state index < -0.39 is 11.7 Å². The van der Waals surface area contributed by atoms with E-state index in [0.717, 1.165) is 12.1 Å². The van der Waals surface area contributed by atoms with Crippen molar-refractivity contribution in [3.05, 3.63) is 58.1 Å². The third-order valence-corrected chi connectivity index (χ3v) is 3.38. The van der Waals surface area contributed by atoms with E-state index in [9.17, 15) is 13.2 Å². The summed E-state index contributed by atoms with van der Waals surface area (Å²) < 4.78 is 38.3. The molecule has 116 valence electrons. The molecule has 0 saturated carbocycles. The Hall–Kier alpha value is -1.50. The first-order valence-electron chi connectivity index (χ1n) is 5.96. The van der Waals surface area contributed by atoms with Crippen LogP contribution in [-0.2, 0) is 6.18 Å². The maximum Gasteiger partial charge on any atom is 0.417 e. The van der Waals surface area contributed by atoms with Crippen LogP contribution >= 0.6 is 35.4 Å². The molecule has 0 spiro atoms. The fourth-order valence-corrected chi connectivity index (χ4v) is 2.33. The van der Waals surface area contributed by atoms with Crippen LogP contribution in [0.3, 0.4) is 0 Å². The molecule has 0 aliphatic heterocycles. The molecule has 0 heterocycles. The van der Waals surface area contributed by atoms with E-state index in [1.807, 2.05) is 0 Å². The summed E-state index contributed by atoms with van der Waals surface area (Å²) in [5.41, 5.74) is -0.129. The van der Waals surface area contributed by atoms with Crippen molar-refractivity contribution in [2.24, 2.45) is 0 Å². The molecular formula is C14H9Cl2F3N2S. The molecule has 0 fully saturated rings. The highest BCUT2D eigenvalue weighted by molar-refractivity contribution is 7.80. The molecule has 22 heavy (non-hydrogen) atoms. The van der Waals surface area contributed by atoms with Crippen molar-refractivity contribution >= 4 is 51.9 Å². The maximum absolute atomic E-state index is 12.8. The highest BCUT2D eigenvalue weighted by Gasteiger charge is 2.33. The fraction of sp³-hybridized carbons (Fsp3) is 0.0714. The predicted molar refractivity (Wildman–Crippen MR) is 87.7 cm³/mol. The minimum absolute atomic E-state index is 0.137. The van der Waals surface area contributed by atoms with Crippen LogP contribution in [0.25, 0.3) is 0 Å². The van der Waals surface area contributed by atoms with E-state index in [-0.39, 0.29) is 15.8 Å². The standard InChI is InChI=1S/C14H9Cl2F3N2S/c15-8-2-1-3-9(6-8)20-13(22)21-10-4-5-12(16)11(7-10)14(17,18)19/h1-7H,(H2,20,21,22). The Morgan fingerprint density at radius 3 is 2.18 bits per heavy atom. The van der Waals surface area contributed by atoms with Crippen LogP contribution in [0.2, 0.25) is 10.0 Å². The number of benzene rings is 2. The topological polar surface area (TPSA) is 24.1 Å². The first-order chi connectivity index (χ1) is 10.3. The lowest BCUT2D eigenvalue weighted by molar-refractivity contribution is -0.137. The molecule has 0 bridgehead atoms. The summed E-state index contributed by atoms with van der Waals surface area (Å²) in [6.45, 7) is 0. The highest BCUT2D eigenvalue weighted by Crippen LogP contribution is 2.36. The minimum atomic E-state index is -4.53. The minimum Gasteiger partial charge on any atom is -0.332 e. The quantitative estimate of drug-likeness (QED) is 0.656. The van der Waals surface area contributed by atoms with Crippen molar-refractivity contribution in [2.45, 2.75) is 6.18 Å². The SMILES string of the molecule is FC(F)(F)c1cc(NC(=S)Nc2cccc(Cl)c2)ccc1Cl. The third-order valence-electron chi connectivity index (χ3n) is 2.61. The van der Waals surface area contributed by atoms with Gasteiger partial charge in [0.25, 0.3) is 0 Å². The zero-order valence-electron chi connectivity index (χ0n) is 10.8. The number of rotatable bonds is 2. The molecule has 0 aliphatic rings. The summed E-state index contributed by atoms with van der Waals surface area (Å²) in [5.74, 6) is 0. The third kappa shape index (κ3) is 4.50. The largest absolute Gasteiger partial charge is 0.417 e. The zero-order chi connectivity index (χ0) is 16.3. The van der Waals surface area contributed by atoms with Crippen LogP contribution < -0.4 is 10.6 Å². The first kappa shape index (κ1) is 16.9. The molecule has 2 N–H and O–H groups in total. The van der Waals surface area contributed by atoms with Crippen LogP contribution in [0.5, 0.6) is 0 Å². The van der Waals surface area contributed by atoms with Crippen molar-refractivity contribution in [1.82, 2.24) is 0 Å². The monoisotopic (exact) mass is 364 g/mol. The number of hydrogen-bond acceptors (Lipinski definition) is 1. The molecule has 8 heteroatoms. The van der Waals surface area contributed by atoms with E-state index in [2.05, 4.69) is 10.6 Å². The second-order valence-corrected chi connectivity index (χ2v) is 5.53. The van der Waals surface area contributed by atoms with E-state index in [1.165, 1.54) is 6.07 Å². The van der Waals surface area contributed by atoms with Crippen molar-refractivity contribution in [3.63, 3.8) is 0 Å². The predicted octanol–water partition coefficient (Wildman–Crippen LogP) is 5.82. The van der Waals surface area contributed by atoms with Crippen molar-refractivity contribution in [2.75, 3.05) is 10.6 Å². The second kappa shape index (κ2) is 6.73. The van der Waals surface area contributed by atoms with Gasteiger partial charge in [-0.3, -0.25) is 0 Å². The Morgan fingerprint density at radius 2 is 1.59 bits per heavy atom. The van der Waals surface area contributed by atoms with E-state index in [4.69, 9.17) is 35.4 Å². The van der Waals surface area contributed by atoms with Crippen molar-refractivity contribution in [1.29, 1.82) is 0 Å². The van der Waals surface area contributed by atoms with E-state index in [1.54, 1.807) is 24.3 Å². The molecule has 2 rings (SSSR count). The molecule has 0 amide bonds. The molecule has 0 aliphatic carbocycles. The normalized spacial score (nSPS) is 11.1. The number of alkyl halides is 3. The van der Waals surface area contributed by atoms with Crippen LogP contribution in [0.1, 0.15) is 5.56 Å². The Balaban J connectivity index is 2.12. The van der Waals surface area contributed by atoms with E-state index in [0.29, 0.717) is 10.7 Å². The van der Waals surface area contributed by atoms with Gasteiger partial charge in [-0.2, -0.15) is 13.2 Å². The fourth-order valence-electron chi connectivity index (χ4n) is 1.68. The molecule has 0 unspecified atom stereocenters. The number of halogens is 5. The zero-order valence-corrected chi connectivity index (χ0v) is 13.2. The summed E-state index contributed by atoms with van der Waals surface area (Å²) in [6, 6.07) is 10.2. The van der Waals surface area contributed by atoms with Gasteiger partial charge in [0.15, 0.2) is 5.11 Å². The molecule has 2 aromatic rings. The second-order valence-electron chi connectivity index (χ2n) is 4.28. The van der Waals surface area contributed by atoms with Gasteiger partial charge in [-0.1, -0.05) is 29.3 Å². The van der Waals surface area contributed by atoms with Crippen molar-refractivity contribution in [3.8, 4) is 0 Å². The lowest BCUT2D eigenvalue weighted by Gasteiger charge is -2.14. The van der Waals surface area contributed by atoms with Crippen molar-refractivity contribution < 1.29 is 13.2 Å². The molecule has 0 radical (unpaired) electrons. The number of nitrogens with one attached hydrogen (secondary N) is 2. The summed E-state index contributed by atoms with van der Waals surface area (Å²) >= 11 is 16.4. The van der Waals surface area contributed by atoms with Gasteiger partial charge in [0.2, 0.25) is 0 Å². The van der Waals surface area contributed by atoms with Crippen LogP contribution in [-0.4, -0.2) is 5.11 Å². The number of thiocarbonyl (C=S) groups is 1. The van der Waals surface area contributed by atoms with Crippen LogP contribution in [0.4, 0.5) is 24.5 Å². The average molecular weight is 365 g/mol. The first-order valence-corrected chi connectivity index (χ1v) is 7.12. The molecule has 0 aromatic heterocycles. The lowest BCUT2D eigenvalue weighted by atomic mass is 10.2. The maximum atomic E-state index is 12.8. The van der Waals surface area contributed by atoms with E-state index >= 15 is 0 Å². The summed E-state index contributed by atoms with van der Waals surface area (Å²) in [5, 5.41) is 5.77. The molecule has 2 aromatic carbocycles. The van der Waals surface area contributed by atoms with Gasteiger partial charge in [-0.05, 0) is 48.6 Å². The van der Waals surface area contributed by atoms with Crippen LogP contribution in [0, 0.1) is 0 Å². The Morgan fingerprint density at radius 1 is 0.955 bits per heavy atom. The summed E-state index contributed by atoms with van der Waals surface area (Å²) in [7, 11) is 0. The average Bonchev–Trinajstić information content (AvgIpc) is 2.39. The Kier molecular flexibility index (Phi) is 5.16.